The molecular weight excluding hydrogens is 345 g/mol. The van der Waals surface area contributed by atoms with Crippen LogP contribution in [0.2, 0.25) is 0 Å². The van der Waals surface area contributed by atoms with Gasteiger partial charge in [-0.05, 0) is 36.8 Å². The van der Waals surface area contributed by atoms with E-state index in [9.17, 15) is 13.2 Å². The monoisotopic (exact) mass is 362 g/mol. The highest BCUT2D eigenvalue weighted by Gasteiger charge is 2.37. The summed E-state index contributed by atoms with van der Waals surface area (Å²) in [6, 6.07) is 11.5. The molecule has 0 spiro atoms. The average molecular weight is 362 g/mol. The molecule has 3 heterocycles. The Balaban J connectivity index is 1.54. The number of hydrogen-bond acceptors (Lipinski definition) is 5. The molecule has 1 saturated heterocycles. The van der Waals surface area contributed by atoms with Crippen molar-refractivity contribution >= 4 is 17.2 Å². The minimum atomic E-state index is -4.59. The molecule has 136 valence electrons. The van der Waals surface area contributed by atoms with Gasteiger partial charge in [0, 0.05) is 31.9 Å². The Bertz CT molecular complexity index is 928. The number of piperazine rings is 1. The lowest BCUT2D eigenvalue weighted by Gasteiger charge is -2.36. The Hall–Kier alpha value is -2.84. The van der Waals surface area contributed by atoms with Crippen molar-refractivity contribution in [1.29, 1.82) is 0 Å². The SMILES string of the molecule is Cc1cccc(N2CCN(c3ccc4nnc(C(F)(F)F)n4n3)CC2)c1. The Morgan fingerprint density at radius 2 is 1.65 bits per heavy atom. The molecule has 0 amide bonds. The molecule has 0 N–H and O–H groups in total. The van der Waals surface area contributed by atoms with Crippen molar-refractivity contribution in [2.24, 2.45) is 0 Å². The Morgan fingerprint density at radius 1 is 0.923 bits per heavy atom. The third kappa shape index (κ3) is 3.04. The van der Waals surface area contributed by atoms with E-state index in [4.69, 9.17) is 0 Å². The van der Waals surface area contributed by atoms with Crippen molar-refractivity contribution in [2.45, 2.75) is 13.1 Å². The summed E-state index contributed by atoms with van der Waals surface area (Å²) in [5.41, 5.74) is 2.44. The maximum absolute atomic E-state index is 13.0. The number of halogens is 3. The summed E-state index contributed by atoms with van der Waals surface area (Å²) in [5.74, 6) is -0.612. The average Bonchev–Trinajstić information content (AvgIpc) is 3.05. The maximum Gasteiger partial charge on any atom is 0.453 e. The van der Waals surface area contributed by atoms with Crippen LogP contribution >= 0.6 is 0 Å². The van der Waals surface area contributed by atoms with Crippen LogP contribution in [0.4, 0.5) is 24.7 Å². The molecule has 0 unspecified atom stereocenters. The predicted molar refractivity (Wildman–Crippen MR) is 91.4 cm³/mol. The molecule has 0 bridgehead atoms. The summed E-state index contributed by atoms with van der Waals surface area (Å²) in [5, 5.41) is 10.9. The second-order valence-electron chi connectivity index (χ2n) is 6.30. The lowest BCUT2D eigenvalue weighted by Crippen LogP contribution is -2.47. The second-order valence-corrected chi connectivity index (χ2v) is 6.30. The molecule has 1 aliphatic heterocycles. The standard InChI is InChI=1S/C17H17F3N6/c1-12-3-2-4-13(11-12)24-7-9-25(10-8-24)15-6-5-14-21-22-16(17(18,19)20)26(14)23-15/h2-6,11H,7-10H2,1H3. The van der Waals surface area contributed by atoms with Gasteiger partial charge in [0.15, 0.2) is 5.65 Å². The van der Waals surface area contributed by atoms with Crippen LogP contribution in [0.1, 0.15) is 11.4 Å². The van der Waals surface area contributed by atoms with E-state index >= 15 is 0 Å². The normalized spacial score (nSPS) is 15.7. The minimum absolute atomic E-state index is 0.0828. The van der Waals surface area contributed by atoms with Crippen LogP contribution in [0, 0.1) is 6.92 Å². The molecule has 0 aliphatic carbocycles. The van der Waals surface area contributed by atoms with Gasteiger partial charge in [-0.1, -0.05) is 12.1 Å². The summed E-state index contributed by atoms with van der Waals surface area (Å²) in [7, 11) is 0. The fourth-order valence-electron chi connectivity index (χ4n) is 3.14. The molecule has 2 aromatic heterocycles. The molecule has 3 aromatic rings. The zero-order valence-electron chi connectivity index (χ0n) is 14.1. The fraction of sp³-hybridized carbons (Fsp3) is 0.353. The first-order valence-corrected chi connectivity index (χ1v) is 8.28. The van der Waals surface area contributed by atoms with Crippen LogP contribution in [0.15, 0.2) is 36.4 Å². The highest BCUT2D eigenvalue weighted by Crippen LogP contribution is 2.28. The maximum atomic E-state index is 13.0. The Labute approximate surface area is 147 Å². The zero-order valence-corrected chi connectivity index (χ0v) is 14.1. The van der Waals surface area contributed by atoms with Gasteiger partial charge in [0.05, 0.1) is 0 Å². The number of benzene rings is 1. The Kier molecular flexibility index (Phi) is 3.93. The highest BCUT2D eigenvalue weighted by atomic mass is 19.4. The topological polar surface area (TPSA) is 49.6 Å². The van der Waals surface area contributed by atoms with Crippen molar-refractivity contribution in [3.05, 3.63) is 47.8 Å². The summed E-state index contributed by atoms with van der Waals surface area (Å²) in [6.45, 7) is 4.96. The summed E-state index contributed by atoms with van der Waals surface area (Å²) in [4.78, 5) is 4.24. The number of aryl methyl sites for hydroxylation is 1. The quantitative estimate of drug-likeness (QED) is 0.702. The smallest absolute Gasteiger partial charge is 0.368 e. The number of nitrogens with zero attached hydrogens (tertiary/aromatic N) is 6. The first-order valence-electron chi connectivity index (χ1n) is 8.28. The van der Waals surface area contributed by atoms with Crippen LogP contribution in [-0.2, 0) is 6.18 Å². The van der Waals surface area contributed by atoms with E-state index in [1.165, 1.54) is 11.6 Å². The van der Waals surface area contributed by atoms with E-state index in [0.717, 1.165) is 23.3 Å². The number of anilines is 2. The van der Waals surface area contributed by atoms with Gasteiger partial charge in [-0.3, -0.25) is 0 Å². The molecule has 1 fully saturated rings. The second kappa shape index (κ2) is 6.15. The molecule has 1 aliphatic rings. The van der Waals surface area contributed by atoms with E-state index < -0.39 is 12.0 Å². The van der Waals surface area contributed by atoms with Crippen LogP contribution in [-0.4, -0.2) is 46.0 Å². The lowest BCUT2D eigenvalue weighted by atomic mass is 10.2. The minimum Gasteiger partial charge on any atom is -0.368 e. The van der Waals surface area contributed by atoms with Gasteiger partial charge in [0.2, 0.25) is 0 Å². The molecular formula is C17H17F3N6. The molecule has 1 aromatic carbocycles. The van der Waals surface area contributed by atoms with Crippen molar-refractivity contribution in [2.75, 3.05) is 36.0 Å². The van der Waals surface area contributed by atoms with Gasteiger partial charge >= 0.3 is 6.18 Å². The fourth-order valence-corrected chi connectivity index (χ4v) is 3.14. The van der Waals surface area contributed by atoms with Crippen LogP contribution in [0.3, 0.4) is 0 Å². The van der Waals surface area contributed by atoms with Gasteiger partial charge in [-0.25, -0.2) is 0 Å². The van der Waals surface area contributed by atoms with Crippen molar-refractivity contribution in [1.82, 2.24) is 19.8 Å². The molecule has 0 saturated carbocycles. The first-order chi connectivity index (χ1) is 12.4. The molecule has 6 nitrogen and oxygen atoms in total. The predicted octanol–water partition coefficient (Wildman–Crippen LogP) is 2.78. The van der Waals surface area contributed by atoms with E-state index in [-0.39, 0.29) is 5.65 Å². The lowest BCUT2D eigenvalue weighted by molar-refractivity contribution is -0.146. The molecule has 4 rings (SSSR count). The zero-order chi connectivity index (χ0) is 18.3. The first kappa shape index (κ1) is 16.6. The van der Waals surface area contributed by atoms with Gasteiger partial charge in [0.1, 0.15) is 5.82 Å². The summed E-state index contributed by atoms with van der Waals surface area (Å²) < 4.78 is 39.8. The largest absolute Gasteiger partial charge is 0.453 e. The van der Waals surface area contributed by atoms with Crippen molar-refractivity contribution in [3.63, 3.8) is 0 Å². The third-order valence-corrected chi connectivity index (χ3v) is 4.47. The van der Waals surface area contributed by atoms with Crippen LogP contribution in [0.5, 0.6) is 0 Å². The molecule has 0 radical (unpaired) electrons. The summed E-state index contributed by atoms with van der Waals surface area (Å²) in [6.07, 6.45) is -4.59. The van der Waals surface area contributed by atoms with Gasteiger partial charge in [-0.15, -0.1) is 15.3 Å². The number of fused-ring (bicyclic) bond motifs is 1. The number of alkyl halides is 3. The van der Waals surface area contributed by atoms with Gasteiger partial charge in [-0.2, -0.15) is 17.7 Å². The van der Waals surface area contributed by atoms with Gasteiger partial charge in [0.25, 0.3) is 5.82 Å². The molecule has 9 heteroatoms. The van der Waals surface area contributed by atoms with E-state index in [1.807, 2.05) is 11.0 Å². The molecule has 26 heavy (non-hydrogen) atoms. The summed E-state index contributed by atoms with van der Waals surface area (Å²) >= 11 is 0. The van der Waals surface area contributed by atoms with E-state index in [1.54, 1.807) is 6.07 Å². The molecule has 0 atom stereocenters. The van der Waals surface area contributed by atoms with Crippen LogP contribution < -0.4 is 9.80 Å². The third-order valence-electron chi connectivity index (χ3n) is 4.47. The number of hydrogen-bond donors (Lipinski definition) is 0. The Morgan fingerprint density at radius 3 is 2.35 bits per heavy atom. The van der Waals surface area contributed by atoms with Crippen LogP contribution in [0.25, 0.3) is 5.65 Å². The highest BCUT2D eigenvalue weighted by molar-refractivity contribution is 5.52. The van der Waals surface area contributed by atoms with Crippen molar-refractivity contribution < 1.29 is 13.2 Å². The van der Waals surface area contributed by atoms with E-state index in [0.29, 0.717) is 18.9 Å². The number of rotatable bonds is 2. The number of aromatic nitrogens is 4. The van der Waals surface area contributed by atoms with Gasteiger partial charge < -0.3 is 9.80 Å². The van der Waals surface area contributed by atoms with Crippen molar-refractivity contribution in [3.8, 4) is 0 Å². The van der Waals surface area contributed by atoms with E-state index in [2.05, 4.69) is 45.3 Å².